The number of fused-ring (bicyclic) bond motifs is 2. The quantitative estimate of drug-likeness (QED) is 0.590. The molecule has 5 atom stereocenters. The number of aliphatic hydroxyl groups is 1. The maximum Gasteiger partial charge on any atom is 0.248 e. The van der Waals surface area contributed by atoms with Crippen molar-refractivity contribution in [3.05, 3.63) is 40.2 Å². The van der Waals surface area contributed by atoms with E-state index in [0.29, 0.717) is 23.5 Å². The molecule has 0 aliphatic heterocycles. The minimum Gasteiger partial charge on any atom is -0.506 e. The molecule has 1 aromatic carbocycles. The molecule has 0 radical (unpaired) electrons. The minimum atomic E-state index is -0.682. The number of hydrogen-bond donors (Lipinski definition) is 4. The predicted octanol–water partition coefficient (Wildman–Crippen LogP) is 4.10. The van der Waals surface area contributed by atoms with Crippen LogP contribution < -0.4 is 10.9 Å². The van der Waals surface area contributed by atoms with E-state index in [1.165, 1.54) is 50.7 Å². The SMILES string of the molecule is CCC1CC2CC(NC[C@H](O)c3ccc(O)c4[nH]c(=O)ccc34)CC2CC1CC. The highest BCUT2D eigenvalue weighted by molar-refractivity contribution is 5.87. The summed E-state index contributed by atoms with van der Waals surface area (Å²) in [5.74, 6) is 3.46. The summed E-state index contributed by atoms with van der Waals surface area (Å²) in [5, 5.41) is 25.2. The predicted molar refractivity (Wildman–Crippen MR) is 116 cm³/mol. The second-order valence-corrected chi connectivity index (χ2v) is 9.21. The third-order valence-electron chi connectivity index (χ3n) is 7.63. The van der Waals surface area contributed by atoms with Gasteiger partial charge in [0.05, 0.1) is 11.6 Å². The summed E-state index contributed by atoms with van der Waals surface area (Å²) < 4.78 is 0. The fourth-order valence-corrected chi connectivity index (χ4v) is 6.06. The molecule has 1 aromatic heterocycles. The molecule has 158 valence electrons. The van der Waals surface area contributed by atoms with Crippen LogP contribution in [0.4, 0.5) is 0 Å². The molecule has 2 fully saturated rings. The monoisotopic (exact) mass is 398 g/mol. The van der Waals surface area contributed by atoms with Gasteiger partial charge in [0, 0.05) is 24.0 Å². The van der Waals surface area contributed by atoms with Gasteiger partial charge in [-0.15, -0.1) is 0 Å². The first-order valence-electron chi connectivity index (χ1n) is 11.3. The van der Waals surface area contributed by atoms with Crippen LogP contribution in [0.25, 0.3) is 10.9 Å². The Bertz CT molecular complexity index is 889. The summed E-state index contributed by atoms with van der Waals surface area (Å²) in [6.45, 7) is 5.16. The molecular formula is C24H34N2O3. The van der Waals surface area contributed by atoms with E-state index in [0.717, 1.165) is 29.2 Å². The molecule has 5 nitrogen and oxygen atoms in total. The lowest BCUT2D eigenvalue weighted by molar-refractivity contribution is 0.126. The number of rotatable bonds is 6. The van der Waals surface area contributed by atoms with Crippen LogP contribution in [-0.2, 0) is 0 Å². The van der Waals surface area contributed by atoms with Gasteiger partial charge in [-0.3, -0.25) is 4.79 Å². The zero-order chi connectivity index (χ0) is 20.5. The Balaban J connectivity index is 1.41. The molecule has 4 unspecified atom stereocenters. The molecule has 4 rings (SSSR count). The zero-order valence-corrected chi connectivity index (χ0v) is 17.5. The molecule has 4 N–H and O–H groups in total. The van der Waals surface area contributed by atoms with Gasteiger partial charge in [0.25, 0.3) is 0 Å². The van der Waals surface area contributed by atoms with E-state index < -0.39 is 6.10 Å². The molecule has 2 aliphatic carbocycles. The Morgan fingerprint density at radius 3 is 2.31 bits per heavy atom. The van der Waals surface area contributed by atoms with Crippen LogP contribution in [0.3, 0.4) is 0 Å². The maximum absolute atomic E-state index is 11.6. The fourth-order valence-electron chi connectivity index (χ4n) is 6.06. The average molecular weight is 399 g/mol. The standard InChI is InChI=1S/C24H34N2O3/c1-3-14-9-16-11-18(12-17(16)10-15(14)4-2)25-13-22(28)19-5-7-21(27)24-20(19)6-8-23(29)26-24/h5-8,14-18,22,25,27-28H,3-4,9-13H2,1-2H3,(H,26,29)/t14?,15?,16?,17?,18?,22-/m0/s1. The Kier molecular flexibility index (Phi) is 5.98. The minimum absolute atomic E-state index is 0.0254. The van der Waals surface area contributed by atoms with E-state index in [-0.39, 0.29) is 11.3 Å². The van der Waals surface area contributed by atoms with Crippen molar-refractivity contribution in [1.29, 1.82) is 0 Å². The second-order valence-electron chi connectivity index (χ2n) is 9.21. The molecule has 2 aromatic rings. The van der Waals surface area contributed by atoms with Gasteiger partial charge in [0.2, 0.25) is 5.56 Å². The number of nitrogens with one attached hydrogen (secondary N) is 2. The van der Waals surface area contributed by atoms with Crippen molar-refractivity contribution in [2.24, 2.45) is 23.7 Å². The van der Waals surface area contributed by atoms with E-state index in [1.54, 1.807) is 12.1 Å². The first-order valence-corrected chi connectivity index (χ1v) is 11.3. The van der Waals surface area contributed by atoms with Gasteiger partial charge in [0.1, 0.15) is 5.75 Å². The highest BCUT2D eigenvalue weighted by Gasteiger charge is 2.41. The number of aromatic hydroxyl groups is 1. The molecular weight excluding hydrogens is 364 g/mol. The van der Waals surface area contributed by atoms with Crippen molar-refractivity contribution >= 4 is 10.9 Å². The lowest BCUT2D eigenvalue weighted by Gasteiger charge is -2.38. The van der Waals surface area contributed by atoms with Gasteiger partial charge in [0.15, 0.2) is 0 Å². The summed E-state index contributed by atoms with van der Waals surface area (Å²) >= 11 is 0. The summed E-state index contributed by atoms with van der Waals surface area (Å²) in [6, 6.07) is 6.86. The molecule has 2 saturated carbocycles. The third-order valence-corrected chi connectivity index (χ3v) is 7.63. The number of aliphatic hydroxyl groups excluding tert-OH is 1. The highest BCUT2D eigenvalue weighted by Crippen LogP contribution is 2.48. The number of phenols is 1. The lowest BCUT2D eigenvalue weighted by atomic mass is 9.68. The van der Waals surface area contributed by atoms with Crippen LogP contribution in [0.15, 0.2) is 29.1 Å². The second kappa shape index (κ2) is 8.49. The fraction of sp³-hybridized carbons (Fsp3) is 0.625. The van der Waals surface area contributed by atoms with Crippen molar-refractivity contribution in [1.82, 2.24) is 10.3 Å². The smallest absolute Gasteiger partial charge is 0.248 e. The average Bonchev–Trinajstić information content (AvgIpc) is 3.13. The first-order chi connectivity index (χ1) is 14.0. The van der Waals surface area contributed by atoms with Crippen molar-refractivity contribution < 1.29 is 10.2 Å². The van der Waals surface area contributed by atoms with Gasteiger partial charge >= 0.3 is 0 Å². The molecule has 29 heavy (non-hydrogen) atoms. The number of pyridine rings is 1. The summed E-state index contributed by atoms with van der Waals surface area (Å²) in [4.78, 5) is 14.3. The summed E-state index contributed by atoms with van der Waals surface area (Å²) in [7, 11) is 0. The van der Waals surface area contributed by atoms with E-state index in [2.05, 4.69) is 24.1 Å². The van der Waals surface area contributed by atoms with Crippen molar-refractivity contribution in [3.8, 4) is 5.75 Å². The molecule has 2 aliphatic rings. The van der Waals surface area contributed by atoms with E-state index in [1.807, 2.05) is 0 Å². The van der Waals surface area contributed by atoms with Crippen LogP contribution in [0.5, 0.6) is 5.75 Å². The lowest BCUT2D eigenvalue weighted by Crippen LogP contribution is -2.31. The van der Waals surface area contributed by atoms with Gasteiger partial charge in [-0.25, -0.2) is 0 Å². The number of phenolic OH excluding ortho intramolecular Hbond substituents is 1. The van der Waals surface area contributed by atoms with Crippen LogP contribution in [0.1, 0.15) is 64.0 Å². The Labute approximate surface area is 172 Å². The van der Waals surface area contributed by atoms with Gasteiger partial charge in [-0.2, -0.15) is 0 Å². The Morgan fingerprint density at radius 2 is 1.69 bits per heavy atom. The largest absolute Gasteiger partial charge is 0.506 e. The van der Waals surface area contributed by atoms with Crippen molar-refractivity contribution in [2.75, 3.05) is 6.54 Å². The van der Waals surface area contributed by atoms with Crippen molar-refractivity contribution in [3.63, 3.8) is 0 Å². The summed E-state index contributed by atoms with van der Waals surface area (Å²) in [5.41, 5.74) is 0.855. The number of H-pyrrole nitrogens is 1. The molecule has 5 heteroatoms. The van der Waals surface area contributed by atoms with Gasteiger partial charge in [-0.05, 0) is 67.1 Å². The topological polar surface area (TPSA) is 85.3 Å². The van der Waals surface area contributed by atoms with Gasteiger partial charge < -0.3 is 20.5 Å². The van der Waals surface area contributed by atoms with Gasteiger partial charge in [-0.1, -0.05) is 32.8 Å². The highest BCUT2D eigenvalue weighted by atomic mass is 16.3. The molecule has 0 spiro atoms. The van der Waals surface area contributed by atoms with Crippen LogP contribution in [0.2, 0.25) is 0 Å². The maximum atomic E-state index is 11.6. The summed E-state index contributed by atoms with van der Waals surface area (Å²) in [6.07, 6.45) is 7.09. The normalized spacial score (nSPS) is 30.4. The molecule has 0 saturated heterocycles. The number of hydrogen-bond acceptors (Lipinski definition) is 4. The van der Waals surface area contributed by atoms with E-state index in [4.69, 9.17) is 0 Å². The molecule has 0 amide bonds. The van der Waals surface area contributed by atoms with Crippen LogP contribution in [0, 0.1) is 23.7 Å². The number of aromatic nitrogens is 1. The van der Waals surface area contributed by atoms with Crippen LogP contribution >= 0.6 is 0 Å². The Hall–Kier alpha value is -1.85. The molecule has 0 bridgehead atoms. The number of benzene rings is 1. The van der Waals surface area contributed by atoms with Crippen LogP contribution in [-0.4, -0.2) is 27.8 Å². The molecule has 1 heterocycles. The van der Waals surface area contributed by atoms with E-state index in [9.17, 15) is 15.0 Å². The van der Waals surface area contributed by atoms with E-state index >= 15 is 0 Å². The zero-order valence-electron chi connectivity index (χ0n) is 17.5. The number of aromatic amines is 1. The first kappa shape index (κ1) is 20.4. The Morgan fingerprint density at radius 1 is 1.03 bits per heavy atom. The third kappa shape index (κ3) is 4.08. The van der Waals surface area contributed by atoms with Crippen molar-refractivity contribution in [2.45, 2.75) is 64.5 Å².